The highest BCUT2D eigenvalue weighted by Gasteiger charge is 2.14. The lowest BCUT2D eigenvalue weighted by molar-refractivity contribution is 0.199. The Morgan fingerprint density at radius 1 is 1.11 bits per heavy atom. The first-order valence-corrected chi connectivity index (χ1v) is 7.07. The maximum Gasteiger partial charge on any atom is 0.0761 e. The molecule has 1 aromatic carbocycles. The molecule has 0 spiro atoms. The van der Waals surface area contributed by atoms with Gasteiger partial charge in [-0.3, -0.25) is 4.90 Å². The average Bonchev–Trinajstić information content (AvgIpc) is 2.65. The molecular formula is C15H24N2O2. The van der Waals surface area contributed by atoms with Gasteiger partial charge in [0.25, 0.3) is 0 Å². The van der Waals surface area contributed by atoms with Crippen LogP contribution in [0.5, 0.6) is 0 Å². The van der Waals surface area contributed by atoms with Gasteiger partial charge in [0.2, 0.25) is 0 Å². The van der Waals surface area contributed by atoms with Crippen LogP contribution in [0.2, 0.25) is 0 Å². The number of hydrogen-bond donors (Lipinski definition) is 2. The molecule has 0 aromatic heterocycles. The first kappa shape index (κ1) is 14.3. The summed E-state index contributed by atoms with van der Waals surface area (Å²) in [7, 11) is 0. The Balaban J connectivity index is 1.97. The van der Waals surface area contributed by atoms with Crippen molar-refractivity contribution < 1.29 is 10.2 Å². The Labute approximate surface area is 115 Å². The van der Waals surface area contributed by atoms with Crippen molar-refractivity contribution in [2.45, 2.75) is 19.4 Å². The quantitative estimate of drug-likeness (QED) is 0.859. The average molecular weight is 264 g/mol. The van der Waals surface area contributed by atoms with Gasteiger partial charge in [-0.15, -0.1) is 0 Å². The van der Waals surface area contributed by atoms with Gasteiger partial charge < -0.3 is 15.1 Å². The molecule has 0 aliphatic carbocycles. The van der Waals surface area contributed by atoms with Crippen LogP contribution in [0, 0.1) is 0 Å². The maximum absolute atomic E-state index is 9.52. The molecule has 0 saturated carbocycles. The van der Waals surface area contributed by atoms with Crippen molar-refractivity contribution in [3.63, 3.8) is 0 Å². The van der Waals surface area contributed by atoms with Crippen LogP contribution in [0.3, 0.4) is 0 Å². The smallest absolute Gasteiger partial charge is 0.0761 e. The predicted octanol–water partition coefficient (Wildman–Crippen LogP) is 1.24. The number of rotatable bonds is 4. The van der Waals surface area contributed by atoms with Crippen LogP contribution in [0.25, 0.3) is 0 Å². The zero-order chi connectivity index (χ0) is 13.7. The van der Waals surface area contributed by atoms with Gasteiger partial charge in [-0.2, -0.15) is 0 Å². The molecule has 1 aliphatic rings. The van der Waals surface area contributed by atoms with Crippen LogP contribution in [0.1, 0.15) is 25.0 Å². The molecule has 2 N–H and O–H groups in total. The normalized spacial score (nSPS) is 19.2. The van der Waals surface area contributed by atoms with E-state index in [1.807, 2.05) is 12.1 Å². The summed E-state index contributed by atoms with van der Waals surface area (Å²) >= 11 is 0. The van der Waals surface area contributed by atoms with Crippen molar-refractivity contribution in [1.29, 1.82) is 0 Å². The molecule has 0 unspecified atom stereocenters. The Hall–Kier alpha value is -1.10. The molecule has 19 heavy (non-hydrogen) atoms. The summed E-state index contributed by atoms with van der Waals surface area (Å²) in [5.41, 5.74) is 2.18. The molecule has 1 fully saturated rings. The number of nitrogens with zero attached hydrogens (tertiary/aromatic N) is 2. The second-order valence-corrected chi connectivity index (χ2v) is 5.17. The minimum absolute atomic E-state index is 0.239. The number of aliphatic hydroxyl groups excluding tert-OH is 2. The summed E-state index contributed by atoms with van der Waals surface area (Å²) in [6.07, 6.45) is 0.719. The maximum atomic E-state index is 9.52. The van der Waals surface area contributed by atoms with Gasteiger partial charge in [0, 0.05) is 31.9 Å². The van der Waals surface area contributed by atoms with Gasteiger partial charge in [-0.25, -0.2) is 0 Å². The van der Waals surface area contributed by atoms with Gasteiger partial charge >= 0.3 is 0 Å². The Morgan fingerprint density at radius 3 is 2.47 bits per heavy atom. The molecule has 4 heteroatoms. The third kappa shape index (κ3) is 3.93. The van der Waals surface area contributed by atoms with E-state index in [1.165, 1.54) is 5.69 Å². The topological polar surface area (TPSA) is 46.9 Å². The van der Waals surface area contributed by atoms with E-state index in [0.717, 1.165) is 44.7 Å². The summed E-state index contributed by atoms with van der Waals surface area (Å²) in [6.45, 7) is 6.90. The van der Waals surface area contributed by atoms with Crippen LogP contribution >= 0.6 is 0 Å². The molecule has 1 aromatic rings. The zero-order valence-electron chi connectivity index (χ0n) is 11.6. The standard InChI is InChI=1S/C15H24N2O2/c1-13(19)14-3-5-15(6-4-14)17-8-2-7-16(9-10-17)11-12-18/h3-6,13,18-19H,2,7-12H2,1H3/t13-/m1/s1. The Morgan fingerprint density at radius 2 is 1.84 bits per heavy atom. The van der Waals surface area contributed by atoms with Crippen molar-refractivity contribution in [2.24, 2.45) is 0 Å². The number of benzene rings is 1. The summed E-state index contributed by atoms with van der Waals surface area (Å²) in [6, 6.07) is 8.17. The molecule has 0 bridgehead atoms. The molecule has 4 nitrogen and oxygen atoms in total. The molecule has 0 radical (unpaired) electrons. The summed E-state index contributed by atoms with van der Waals surface area (Å²) in [4.78, 5) is 4.69. The molecule has 1 atom stereocenters. The minimum atomic E-state index is -0.404. The molecule has 1 saturated heterocycles. The number of β-amino-alcohol motifs (C(OH)–C–C–N with tert-alkyl or cyclic N) is 1. The molecule has 1 aliphatic heterocycles. The fraction of sp³-hybridized carbons (Fsp3) is 0.600. The Kier molecular flexibility index (Phi) is 5.19. The summed E-state index contributed by atoms with van der Waals surface area (Å²) in [5, 5.41) is 18.5. The second kappa shape index (κ2) is 6.89. The molecule has 106 valence electrons. The fourth-order valence-electron chi connectivity index (χ4n) is 2.56. The van der Waals surface area contributed by atoms with Crippen LogP contribution < -0.4 is 4.90 Å². The third-order valence-corrected chi connectivity index (χ3v) is 3.75. The van der Waals surface area contributed by atoms with Crippen LogP contribution in [0.15, 0.2) is 24.3 Å². The molecule has 2 rings (SSSR count). The van der Waals surface area contributed by atoms with Crippen LogP contribution in [0.4, 0.5) is 5.69 Å². The lowest BCUT2D eigenvalue weighted by Crippen LogP contribution is -2.32. The van der Waals surface area contributed by atoms with Crippen molar-refractivity contribution in [1.82, 2.24) is 4.90 Å². The number of hydrogen-bond acceptors (Lipinski definition) is 4. The van der Waals surface area contributed by atoms with Gasteiger partial charge in [0.1, 0.15) is 0 Å². The molecule has 0 amide bonds. The monoisotopic (exact) mass is 264 g/mol. The highest BCUT2D eigenvalue weighted by Crippen LogP contribution is 2.20. The van der Waals surface area contributed by atoms with Gasteiger partial charge in [0.05, 0.1) is 12.7 Å². The minimum Gasteiger partial charge on any atom is -0.395 e. The van der Waals surface area contributed by atoms with E-state index in [2.05, 4.69) is 21.9 Å². The molecular weight excluding hydrogens is 240 g/mol. The first-order valence-electron chi connectivity index (χ1n) is 7.07. The van der Waals surface area contributed by atoms with Crippen molar-refractivity contribution >= 4 is 5.69 Å². The van der Waals surface area contributed by atoms with Gasteiger partial charge in [-0.05, 0) is 37.6 Å². The highest BCUT2D eigenvalue weighted by atomic mass is 16.3. The van der Waals surface area contributed by atoms with Crippen molar-refractivity contribution in [3.05, 3.63) is 29.8 Å². The van der Waals surface area contributed by atoms with E-state index in [9.17, 15) is 5.11 Å². The lowest BCUT2D eigenvalue weighted by atomic mass is 10.1. The first-order chi connectivity index (χ1) is 9.20. The van der Waals surface area contributed by atoms with Crippen LogP contribution in [-0.4, -0.2) is 54.4 Å². The highest BCUT2D eigenvalue weighted by molar-refractivity contribution is 5.48. The lowest BCUT2D eigenvalue weighted by Gasteiger charge is -2.23. The summed E-state index contributed by atoms with van der Waals surface area (Å²) in [5.74, 6) is 0. The number of aliphatic hydroxyl groups is 2. The van der Waals surface area contributed by atoms with Gasteiger partial charge in [0.15, 0.2) is 0 Å². The largest absolute Gasteiger partial charge is 0.395 e. The van der Waals surface area contributed by atoms with E-state index in [0.29, 0.717) is 0 Å². The van der Waals surface area contributed by atoms with E-state index in [1.54, 1.807) is 6.92 Å². The zero-order valence-corrected chi connectivity index (χ0v) is 11.6. The number of anilines is 1. The summed E-state index contributed by atoms with van der Waals surface area (Å²) < 4.78 is 0. The van der Waals surface area contributed by atoms with E-state index >= 15 is 0 Å². The molecule has 1 heterocycles. The Bertz CT molecular complexity index is 378. The van der Waals surface area contributed by atoms with E-state index < -0.39 is 6.10 Å². The van der Waals surface area contributed by atoms with E-state index in [-0.39, 0.29) is 6.61 Å². The van der Waals surface area contributed by atoms with E-state index in [4.69, 9.17) is 5.11 Å². The second-order valence-electron chi connectivity index (χ2n) is 5.17. The SMILES string of the molecule is C[C@@H](O)c1ccc(N2CCCN(CCO)CC2)cc1. The van der Waals surface area contributed by atoms with Crippen molar-refractivity contribution in [3.8, 4) is 0 Å². The van der Waals surface area contributed by atoms with Crippen molar-refractivity contribution in [2.75, 3.05) is 44.2 Å². The van der Waals surface area contributed by atoms with Crippen LogP contribution in [-0.2, 0) is 0 Å². The predicted molar refractivity (Wildman–Crippen MR) is 77.4 cm³/mol. The van der Waals surface area contributed by atoms with Gasteiger partial charge in [-0.1, -0.05) is 12.1 Å². The third-order valence-electron chi connectivity index (χ3n) is 3.75. The fourth-order valence-corrected chi connectivity index (χ4v) is 2.56.